The zero-order chi connectivity index (χ0) is 16.1. The number of aliphatic hydroxyl groups excluding tert-OH is 1. The predicted octanol–water partition coefficient (Wildman–Crippen LogP) is 1.47. The van der Waals surface area contributed by atoms with Crippen LogP contribution in [0.25, 0.3) is 0 Å². The smallest absolute Gasteiger partial charge is 0.267 e. The zero-order valence-corrected chi connectivity index (χ0v) is 11.9. The lowest BCUT2D eigenvalue weighted by molar-refractivity contribution is 0.0836. The summed E-state index contributed by atoms with van der Waals surface area (Å²) in [6.07, 6.45) is 0.759. The van der Waals surface area contributed by atoms with E-state index in [-0.39, 0.29) is 24.8 Å². The molecule has 118 valence electrons. The molecule has 1 heterocycles. The topological polar surface area (TPSA) is 63.5 Å². The number of carbonyl (C=O) groups is 1. The molecule has 0 bridgehead atoms. The monoisotopic (exact) mass is 310 g/mol. The second-order valence-corrected chi connectivity index (χ2v) is 4.76. The Hall–Kier alpha value is -2.41. The van der Waals surface area contributed by atoms with E-state index in [0.29, 0.717) is 5.69 Å². The number of rotatable bonds is 6. The molecule has 7 heteroatoms. The van der Waals surface area contributed by atoms with Crippen LogP contribution in [-0.2, 0) is 7.05 Å². The van der Waals surface area contributed by atoms with Crippen LogP contribution < -0.4 is 10.1 Å². The van der Waals surface area contributed by atoms with Crippen molar-refractivity contribution in [1.29, 1.82) is 0 Å². The first kappa shape index (κ1) is 16.0. The highest BCUT2D eigenvalue weighted by atomic mass is 19.2. The highest BCUT2D eigenvalue weighted by Gasteiger charge is 2.12. The average Bonchev–Trinajstić information content (AvgIpc) is 2.92. The van der Waals surface area contributed by atoms with E-state index in [2.05, 4.69) is 5.32 Å². The van der Waals surface area contributed by atoms with Crippen LogP contribution in [0.15, 0.2) is 36.5 Å². The van der Waals surface area contributed by atoms with Crippen molar-refractivity contribution in [2.75, 3.05) is 13.2 Å². The number of carbonyl (C=O) groups excluding carboxylic acids is 1. The fraction of sp³-hybridized carbons (Fsp3) is 0.267. The van der Waals surface area contributed by atoms with E-state index in [1.165, 1.54) is 6.07 Å². The van der Waals surface area contributed by atoms with Crippen molar-refractivity contribution in [3.8, 4) is 5.75 Å². The van der Waals surface area contributed by atoms with Crippen LogP contribution in [0, 0.1) is 11.6 Å². The summed E-state index contributed by atoms with van der Waals surface area (Å²) in [5.41, 5.74) is 0.466. The Kier molecular flexibility index (Phi) is 5.11. The molecule has 2 aromatic rings. The Morgan fingerprint density at radius 3 is 2.77 bits per heavy atom. The average molecular weight is 310 g/mol. The Bertz CT molecular complexity index is 658. The number of nitrogens with one attached hydrogen (secondary N) is 1. The highest BCUT2D eigenvalue weighted by Crippen LogP contribution is 2.15. The summed E-state index contributed by atoms with van der Waals surface area (Å²) in [7, 11) is 1.73. The minimum absolute atomic E-state index is 0.0201. The van der Waals surface area contributed by atoms with Gasteiger partial charge in [0.2, 0.25) is 0 Å². The fourth-order valence-electron chi connectivity index (χ4n) is 1.82. The van der Waals surface area contributed by atoms with E-state index in [1.807, 2.05) is 0 Å². The lowest BCUT2D eigenvalue weighted by Crippen LogP contribution is -2.36. The fourth-order valence-corrected chi connectivity index (χ4v) is 1.82. The lowest BCUT2D eigenvalue weighted by atomic mass is 10.3. The molecule has 1 aromatic carbocycles. The van der Waals surface area contributed by atoms with Gasteiger partial charge < -0.3 is 19.7 Å². The molecule has 2 rings (SSSR count). The maximum absolute atomic E-state index is 13.0. The molecule has 22 heavy (non-hydrogen) atoms. The first-order valence-corrected chi connectivity index (χ1v) is 6.63. The molecule has 1 aromatic heterocycles. The summed E-state index contributed by atoms with van der Waals surface area (Å²) < 4.78 is 32.5. The number of ether oxygens (including phenoxy) is 1. The standard InChI is InChI=1S/C15H16F2N2O3/c1-19-6-2-3-14(19)15(21)18-8-10(20)9-22-11-4-5-12(16)13(17)7-11/h2-7,10,20H,8-9H2,1H3,(H,18,21)/t10-/m1/s1. The van der Waals surface area contributed by atoms with Gasteiger partial charge in [0.1, 0.15) is 24.2 Å². The molecule has 0 saturated heterocycles. The van der Waals surface area contributed by atoms with Crippen molar-refractivity contribution < 1.29 is 23.4 Å². The summed E-state index contributed by atoms with van der Waals surface area (Å²) in [5.74, 6) is -2.21. The van der Waals surface area contributed by atoms with Gasteiger partial charge in [-0.05, 0) is 24.3 Å². The number of halogens is 2. The van der Waals surface area contributed by atoms with E-state index in [4.69, 9.17) is 4.74 Å². The molecule has 0 aliphatic rings. The summed E-state index contributed by atoms with van der Waals surface area (Å²) in [6, 6.07) is 6.48. The number of hydrogen-bond acceptors (Lipinski definition) is 3. The minimum Gasteiger partial charge on any atom is -0.491 e. The van der Waals surface area contributed by atoms with Gasteiger partial charge in [-0.2, -0.15) is 0 Å². The Morgan fingerprint density at radius 2 is 2.14 bits per heavy atom. The Balaban J connectivity index is 1.78. The van der Waals surface area contributed by atoms with Crippen LogP contribution in [0.2, 0.25) is 0 Å². The van der Waals surface area contributed by atoms with Crippen LogP contribution in [0.5, 0.6) is 5.75 Å². The van der Waals surface area contributed by atoms with Crippen molar-refractivity contribution in [2.24, 2.45) is 7.05 Å². The summed E-state index contributed by atoms with van der Waals surface area (Å²) in [6.45, 7) is -0.174. The van der Waals surface area contributed by atoms with Crippen LogP contribution in [0.3, 0.4) is 0 Å². The van der Waals surface area contributed by atoms with Gasteiger partial charge in [0, 0.05) is 25.9 Å². The Morgan fingerprint density at radius 1 is 1.36 bits per heavy atom. The lowest BCUT2D eigenvalue weighted by Gasteiger charge is -2.13. The molecule has 2 N–H and O–H groups in total. The molecule has 0 unspecified atom stereocenters. The van der Waals surface area contributed by atoms with Gasteiger partial charge in [-0.15, -0.1) is 0 Å². The molecule has 0 saturated carbocycles. The van der Waals surface area contributed by atoms with Crippen LogP contribution >= 0.6 is 0 Å². The van der Waals surface area contributed by atoms with Gasteiger partial charge in [-0.1, -0.05) is 0 Å². The van der Waals surface area contributed by atoms with Gasteiger partial charge in [0.15, 0.2) is 11.6 Å². The first-order chi connectivity index (χ1) is 10.5. The molecular formula is C15H16F2N2O3. The summed E-state index contributed by atoms with van der Waals surface area (Å²) in [5, 5.41) is 12.3. The molecule has 0 spiro atoms. The maximum atomic E-state index is 13.0. The van der Waals surface area contributed by atoms with Crippen molar-refractivity contribution >= 4 is 5.91 Å². The third kappa shape index (κ3) is 4.05. The Labute approximate surface area is 126 Å². The normalized spacial score (nSPS) is 12.0. The summed E-state index contributed by atoms with van der Waals surface area (Å²) >= 11 is 0. The molecule has 5 nitrogen and oxygen atoms in total. The number of aromatic nitrogens is 1. The maximum Gasteiger partial charge on any atom is 0.267 e. The van der Waals surface area contributed by atoms with Crippen LogP contribution in [0.4, 0.5) is 8.78 Å². The second-order valence-electron chi connectivity index (χ2n) is 4.76. The highest BCUT2D eigenvalue weighted by molar-refractivity contribution is 5.92. The number of amides is 1. The SMILES string of the molecule is Cn1cccc1C(=O)NC[C@@H](O)COc1ccc(F)c(F)c1. The van der Waals surface area contributed by atoms with Gasteiger partial charge in [0.05, 0.1) is 0 Å². The van der Waals surface area contributed by atoms with Gasteiger partial charge in [-0.25, -0.2) is 8.78 Å². The van der Waals surface area contributed by atoms with Gasteiger partial charge in [0.25, 0.3) is 5.91 Å². The first-order valence-electron chi connectivity index (χ1n) is 6.63. The molecule has 0 aliphatic heterocycles. The van der Waals surface area contributed by atoms with Crippen molar-refractivity contribution in [1.82, 2.24) is 9.88 Å². The number of nitrogens with zero attached hydrogens (tertiary/aromatic N) is 1. The third-order valence-electron chi connectivity index (χ3n) is 3.01. The molecule has 0 aliphatic carbocycles. The van der Waals surface area contributed by atoms with Crippen LogP contribution in [0.1, 0.15) is 10.5 Å². The van der Waals surface area contributed by atoms with Gasteiger partial charge >= 0.3 is 0 Å². The molecule has 0 fully saturated rings. The van der Waals surface area contributed by atoms with Gasteiger partial charge in [-0.3, -0.25) is 4.79 Å². The van der Waals surface area contributed by atoms with Crippen molar-refractivity contribution in [2.45, 2.75) is 6.10 Å². The second kappa shape index (κ2) is 7.04. The van der Waals surface area contributed by atoms with E-state index < -0.39 is 17.7 Å². The van der Waals surface area contributed by atoms with E-state index in [1.54, 1.807) is 29.9 Å². The molecular weight excluding hydrogens is 294 g/mol. The van der Waals surface area contributed by atoms with E-state index in [0.717, 1.165) is 12.1 Å². The number of benzene rings is 1. The number of aryl methyl sites for hydroxylation is 1. The third-order valence-corrected chi connectivity index (χ3v) is 3.01. The predicted molar refractivity (Wildman–Crippen MR) is 75.6 cm³/mol. The molecule has 0 radical (unpaired) electrons. The van der Waals surface area contributed by atoms with E-state index >= 15 is 0 Å². The van der Waals surface area contributed by atoms with Crippen molar-refractivity contribution in [3.05, 3.63) is 53.9 Å². The number of aliphatic hydroxyl groups is 1. The summed E-state index contributed by atoms with van der Waals surface area (Å²) in [4.78, 5) is 11.8. The van der Waals surface area contributed by atoms with Crippen LogP contribution in [-0.4, -0.2) is 34.8 Å². The number of hydrogen-bond donors (Lipinski definition) is 2. The zero-order valence-electron chi connectivity index (χ0n) is 11.9. The minimum atomic E-state index is -1.02. The molecule has 1 atom stereocenters. The quantitative estimate of drug-likeness (QED) is 0.849. The molecule has 1 amide bonds. The van der Waals surface area contributed by atoms with E-state index in [9.17, 15) is 18.7 Å². The van der Waals surface area contributed by atoms with Crippen molar-refractivity contribution in [3.63, 3.8) is 0 Å². The largest absolute Gasteiger partial charge is 0.491 e.